The zero-order valence-electron chi connectivity index (χ0n) is 7.74. The molecule has 3 nitrogen and oxygen atoms in total. The second-order valence-electron chi connectivity index (χ2n) is 2.53. The Morgan fingerprint density at radius 1 is 1.62 bits per heavy atom. The number of esters is 1. The Kier molecular flexibility index (Phi) is 3.31. The minimum Gasteiger partial charge on any atom is -0.463 e. The van der Waals surface area contributed by atoms with Crippen LogP contribution in [0.15, 0.2) is 22.6 Å². The van der Waals surface area contributed by atoms with Crippen molar-refractivity contribution < 1.29 is 13.9 Å². The number of hydrogen-bond acceptors (Lipinski definition) is 3. The molecule has 3 heteroatoms. The summed E-state index contributed by atoms with van der Waals surface area (Å²) in [6.45, 7) is 4.00. The summed E-state index contributed by atoms with van der Waals surface area (Å²) in [7, 11) is 0. The molecule has 0 aromatic carbocycles. The highest BCUT2D eigenvalue weighted by molar-refractivity contribution is 5.86. The highest BCUT2D eigenvalue weighted by Crippen LogP contribution is 2.07. The van der Waals surface area contributed by atoms with E-state index in [0.717, 1.165) is 5.76 Å². The topological polar surface area (TPSA) is 39.4 Å². The molecule has 0 amide bonds. The Morgan fingerprint density at radius 3 is 2.92 bits per heavy atom. The van der Waals surface area contributed by atoms with E-state index in [9.17, 15) is 4.79 Å². The molecule has 0 N–H and O–H groups in total. The van der Waals surface area contributed by atoms with Gasteiger partial charge in [0.05, 0.1) is 6.61 Å². The molecule has 0 aliphatic carbocycles. The van der Waals surface area contributed by atoms with Gasteiger partial charge in [-0.1, -0.05) is 0 Å². The van der Waals surface area contributed by atoms with Crippen LogP contribution in [0.25, 0.3) is 6.08 Å². The van der Waals surface area contributed by atoms with Crippen LogP contribution in [0.4, 0.5) is 0 Å². The van der Waals surface area contributed by atoms with E-state index in [1.807, 2.05) is 13.0 Å². The van der Waals surface area contributed by atoms with Gasteiger partial charge in [0.15, 0.2) is 0 Å². The average molecular weight is 180 g/mol. The SMILES string of the molecule is CCOC(=O)/C=C/c1ccc(C)o1. The van der Waals surface area contributed by atoms with Gasteiger partial charge in [0, 0.05) is 6.08 Å². The van der Waals surface area contributed by atoms with Gasteiger partial charge in [0.25, 0.3) is 0 Å². The Balaban J connectivity index is 2.53. The molecule has 1 aromatic heterocycles. The highest BCUT2D eigenvalue weighted by Gasteiger charge is 1.96. The van der Waals surface area contributed by atoms with E-state index < -0.39 is 0 Å². The van der Waals surface area contributed by atoms with Crippen molar-refractivity contribution in [2.45, 2.75) is 13.8 Å². The number of carbonyl (C=O) groups excluding carboxylic acids is 1. The molecule has 0 aliphatic heterocycles. The molecule has 1 heterocycles. The zero-order chi connectivity index (χ0) is 9.68. The summed E-state index contributed by atoms with van der Waals surface area (Å²) >= 11 is 0. The standard InChI is InChI=1S/C10H12O3/c1-3-12-10(11)7-6-9-5-4-8(2)13-9/h4-7H,3H2,1-2H3/b7-6+. The lowest BCUT2D eigenvalue weighted by molar-refractivity contribution is -0.137. The summed E-state index contributed by atoms with van der Waals surface area (Å²) in [6, 6.07) is 3.63. The van der Waals surface area contributed by atoms with Gasteiger partial charge in [-0.05, 0) is 32.1 Å². The molecule has 1 rings (SSSR count). The van der Waals surface area contributed by atoms with Crippen molar-refractivity contribution in [1.29, 1.82) is 0 Å². The van der Waals surface area contributed by atoms with Crippen molar-refractivity contribution in [3.05, 3.63) is 29.7 Å². The van der Waals surface area contributed by atoms with Crippen LogP contribution in [0.2, 0.25) is 0 Å². The lowest BCUT2D eigenvalue weighted by Gasteiger charge is -1.93. The number of ether oxygens (including phenoxy) is 1. The van der Waals surface area contributed by atoms with Crippen LogP contribution in [-0.2, 0) is 9.53 Å². The zero-order valence-corrected chi connectivity index (χ0v) is 7.74. The molecule has 0 saturated carbocycles. The number of carbonyl (C=O) groups is 1. The Bertz CT molecular complexity index is 310. The predicted molar refractivity (Wildman–Crippen MR) is 49.1 cm³/mol. The van der Waals surface area contributed by atoms with Crippen LogP contribution in [0, 0.1) is 6.92 Å². The van der Waals surface area contributed by atoms with Crippen LogP contribution in [0.1, 0.15) is 18.4 Å². The molecule has 0 unspecified atom stereocenters. The Labute approximate surface area is 77.0 Å². The van der Waals surface area contributed by atoms with Gasteiger partial charge in [-0.25, -0.2) is 4.79 Å². The van der Waals surface area contributed by atoms with Crippen molar-refractivity contribution in [3.63, 3.8) is 0 Å². The number of furan rings is 1. The molecule has 70 valence electrons. The molecule has 0 radical (unpaired) electrons. The fraction of sp³-hybridized carbons (Fsp3) is 0.300. The molecule has 0 saturated heterocycles. The smallest absolute Gasteiger partial charge is 0.330 e. The quantitative estimate of drug-likeness (QED) is 0.528. The largest absolute Gasteiger partial charge is 0.463 e. The normalized spacial score (nSPS) is 10.6. The molecule has 0 spiro atoms. The number of aryl methyl sites for hydroxylation is 1. The summed E-state index contributed by atoms with van der Waals surface area (Å²) < 4.78 is 9.92. The third-order valence-corrected chi connectivity index (χ3v) is 1.43. The van der Waals surface area contributed by atoms with Crippen molar-refractivity contribution in [1.82, 2.24) is 0 Å². The maximum atomic E-state index is 10.9. The molecule has 0 fully saturated rings. The predicted octanol–water partition coefficient (Wildman–Crippen LogP) is 2.16. The lowest BCUT2D eigenvalue weighted by Crippen LogP contribution is -1.98. The minimum atomic E-state index is -0.350. The fourth-order valence-electron chi connectivity index (χ4n) is 0.884. The molecule has 0 bridgehead atoms. The second kappa shape index (κ2) is 4.50. The van der Waals surface area contributed by atoms with Gasteiger partial charge in [-0.3, -0.25) is 0 Å². The van der Waals surface area contributed by atoms with E-state index in [2.05, 4.69) is 0 Å². The molecule has 1 aromatic rings. The van der Waals surface area contributed by atoms with Crippen LogP contribution in [0.5, 0.6) is 0 Å². The summed E-state index contributed by atoms with van der Waals surface area (Å²) in [6.07, 6.45) is 2.94. The van der Waals surface area contributed by atoms with E-state index in [0.29, 0.717) is 12.4 Å². The Morgan fingerprint density at radius 2 is 2.38 bits per heavy atom. The van der Waals surface area contributed by atoms with Gasteiger partial charge in [-0.2, -0.15) is 0 Å². The first-order valence-corrected chi connectivity index (χ1v) is 4.13. The van der Waals surface area contributed by atoms with Crippen molar-refractivity contribution in [3.8, 4) is 0 Å². The van der Waals surface area contributed by atoms with Gasteiger partial charge in [0.2, 0.25) is 0 Å². The first-order valence-electron chi connectivity index (χ1n) is 4.13. The van der Waals surface area contributed by atoms with Crippen LogP contribution >= 0.6 is 0 Å². The van der Waals surface area contributed by atoms with Gasteiger partial charge < -0.3 is 9.15 Å². The van der Waals surface area contributed by atoms with E-state index in [-0.39, 0.29) is 5.97 Å². The number of rotatable bonds is 3. The maximum Gasteiger partial charge on any atom is 0.330 e. The molecular formula is C10H12O3. The van der Waals surface area contributed by atoms with Crippen molar-refractivity contribution >= 4 is 12.0 Å². The van der Waals surface area contributed by atoms with Crippen molar-refractivity contribution in [2.24, 2.45) is 0 Å². The van der Waals surface area contributed by atoms with Crippen LogP contribution in [0.3, 0.4) is 0 Å². The highest BCUT2D eigenvalue weighted by atomic mass is 16.5. The van der Waals surface area contributed by atoms with Gasteiger partial charge >= 0.3 is 5.97 Å². The van der Waals surface area contributed by atoms with Crippen LogP contribution in [-0.4, -0.2) is 12.6 Å². The average Bonchev–Trinajstić information content (AvgIpc) is 2.49. The van der Waals surface area contributed by atoms with Gasteiger partial charge in [0.1, 0.15) is 11.5 Å². The number of hydrogen-bond donors (Lipinski definition) is 0. The molecule has 0 aliphatic rings. The first kappa shape index (κ1) is 9.58. The van der Waals surface area contributed by atoms with E-state index >= 15 is 0 Å². The summed E-state index contributed by atoms with van der Waals surface area (Å²) in [5.74, 6) is 1.13. The third kappa shape index (κ3) is 3.15. The van der Waals surface area contributed by atoms with Crippen molar-refractivity contribution in [2.75, 3.05) is 6.61 Å². The first-order chi connectivity index (χ1) is 6.22. The van der Waals surface area contributed by atoms with Gasteiger partial charge in [-0.15, -0.1) is 0 Å². The summed E-state index contributed by atoms with van der Waals surface area (Å²) in [5.41, 5.74) is 0. The van der Waals surface area contributed by atoms with E-state index in [1.165, 1.54) is 6.08 Å². The lowest BCUT2D eigenvalue weighted by atomic mass is 10.4. The molecule has 13 heavy (non-hydrogen) atoms. The maximum absolute atomic E-state index is 10.9. The van der Waals surface area contributed by atoms with E-state index in [4.69, 9.17) is 9.15 Å². The third-order valence-electron chi connectivity index (χ3n) is 1.43. The van der Waals surface area contributed by atoms with Crippen LogP contribution < -0.4 is 0 Å². The fourth-order valence-corrected chi connectivity index (χ4v) is 0.884. The summed E-state index contributed by atoms with van der Waals surface area (Å²) in [4.78, 5) is 10.9. The van der Waals surface area contributed by atoms with E-state index in [1.54, 1.807) is 19.1 Å². The molecule has 0 atom stereocenters. The molecular weight excluding hydrogens is 168 g/mol. The Hall–Kier alpha value is -1.51. The minimum absolute atomic E-state index is 0.350. The monoisotopic (exact) mass is 180 g/mol. The summed E-state index contributed by atoms with van der Waals surface area (Å²) in [5, 5.41) is 0. The second-order valence-corrected chi connectivity index (χ2v) is 2.53.